The highest BCUT2D eigenvalue weighted by Gasteiger charge is 2.31. The van der Waals surface area contributed by atoms with Crippen LogP contribution in [0.2, 0.25) is 0 Å². The van der Waals surface area contributed by atoms with Crippen molar-refractivity contribution in [2.45, 2.75) is 32.9 Å². The Morgan fingerprint density at radius 3 is 2.31 bits per heavy atom. The fraction of sp³-hybridized carbons (Fsp3) is 0.296. The van der Waals surface area contributed by atoms with Gasteiger partial charge in [-0.2, -0.15) is 0 Å². The van der Waals surface area contributed by atoms with E-state index in [2.05, 4.69) is 22.3 Å². The van der Waals surface area contributed by atoms with Crippen LogP contribution in [0.4, 0.5) is 5.69 Å². The van der Waals surface area contributed by atoms with Crippen LogP contribution < -0.4 is 14.8 Å². The molecule has 0 aliphatic carbocycles. The fourth-order valence-electron chi connectivity index (χ4n) is 4.36. The third-order valence-corrected chi connectivity index (χ3v) is 6.13. The van der Waals surface area contributed by atoms with Gasteiger partial charge in [-0.3, -0.25) is 9.69 Å². The molecule has 1 aliphatic rings. The zero-order valence-corrected chi connectivity index (χ0v) is 19.1. The third-order valence-electron chi connectivity index (χ3n) is 6.13. The summed E-state index contributed by atoms with van der Waals surface area (Å²) < 4.78 is 11.0. The quantitative estimate of drug-likeness (QED) is 0.594. The number of nitrogens with one attached hydrogen (secondary N) is 1. The number of nitrogens with zero attached hydrogens (tertiary/aromatic N) is 1. The Morgan fingerprint density at radius 1 is 0.938 bits per heavy atom. The van der Waals surface area contributed by atoms with E-state index in [1.165, 1.54) is 5.56 Å². The summed E-state index contributed by atoms with van der Waals surface area (Å²) in [5.74, 6) is 1.44. The molecule has 1 heterocycles. The van der Waals surface area contributed by atoms with Gasteiger partial charge in [0, 0.05) is 18.8 Å². The summed E-state index contributed by atoms with van der Waals surface area (Å²) in [6.45, 7) is 5.49. The van der Waals surface area contributed by atoms with Gasteiger partial charge in [0.25, 0.3) is 0 Å². The number of anilines is 1. The Balaban J connectivity index is 1.66. The Morgan fingerprint density at radius 2 is 1.62 bits per heavy atom. The van der Waals surface area contributed by atoms with Gasteiger partial charge in [0.1, 0.15) is 6.04 Å². The van der Waals surface area contributed by atoms with Gasteiger partial charge in [0.05, 0.1) is 14.2 Å². The van der Waals surface area contributed by atoms with Crippen molar-refractivity contribution in [3.63, 3.8) is 0 Å². The fourth-order valence-corrected chi connectivity index (χ4v) is 4.36. The van der Waals surface area contributed by atoms with Crippen LogP contribution in [0.3, 0.4) is 0 Å². The maximum absolute atomic E-state index is 13.6. The van der Waals surface area contributed by atoms with E-state index in [0.29, 0.717) is 12.3 Å². The standard InChI is InChI=1S/C27H30N2O3/c1-18-10-11-19(2)23(14-18)28-27(30)26(20-8-6-5-7-9-20)29-13-12-21-15-24(31-3)25(32-4)16-22(21)17-29/h5-11,14-16,26H,12-13,17H2,1-4H3,(H,28,30)/t26-/m0/s1. The molecule has 1 amide bonds. The predicted octanol–water partition coefficient (Wildman–Crippen LogP) is 5.06. The molecular weight excluding hydrogens is 400 g/mol. The first kappa shape index (κ1) is 21.9. The van der Waals surface area contributed by atoms with Gasteiger partial charge in [-0.25, -0.2) is 0 Å². The van der Waals surface area contributed by atoms with Gasteiger partial charge in [-0.05, 0) is 66.3 Å². The average molecular weight is 431 g/mol. The van der Waals surface area contributed by atoms with E-state index in [-0.39, 0.29) is 5.91 Å². The lowest BCUT2D eigenvalue weighted by molar-refractivity contribution is -0.122. The number of hydrogen-bond donors (Lipinski definition) is 1. The maximum atomic E-state index is 13.6. The Bertz CT molecular complexity index is 1110. The zero-order chi connectivity index (χ0) is 22.7. The average Bonchev–Trinajstić information content (AvgIpc) is 2.81. The van der Waals surface area contributed by atoms with E-state index >= 15 is 0 Å². The van der Waals surface area contributed by atoms with E-state index in [9.17, 15) is 4.79 Å². The molecule has 0 spiro atoms. The number of carbonyl (C=O) groups excluding carboxylic acids is 1. The normalized spacial score (nSPS) is 14.4. The molecule has 32 heavy (non-hydrogen) atoms. The Labute approximate surface area is 190 Å². The number of benzene rings is 3. The lowest BCUT2D eigenvalue weighted by Gasteiger charge is -2.35. The number of fused-ring (bicyclic) bond motifs is 1. The van der Waals surface area contributed by atoms with Gasteiger partial charge in [-0.15, -0.1) is 0 Å². The van der Waals surface area contributed by atoms with Crippen molar-refractivity contribution in [1.29, 1.82) is 0 Å². The molecule has 166 valence electrons. The van der Waals surface area contributed by atoms with Gasteiger partial charge in [-0.1, -0.05) is 42.5 Å². The molecule has 5 nitrogen and oxygen atoms in total. The van der Waals surface area contributed by atoms with Crippen LogP contribution in [0.25, 0.3) is 0 Å². The van der Waals surface area contributed by atoms with Crippen LogP contribution in [0.5, 0.6) is 11.5 Å². The molecule has 0 bridgehead atoms. The summed E-state index contributed by atoms with van der Waals surface area (Å²) in [5, 5.41) is 3.19. The number of rotatable bonds is 6. The van der Waals surface area contributed by atoms with E-state index in [1.54, 1.807) is 14.2 Å². The molecule has 3 aromatic rings. The summed E-state index contributed by atoms with van der Waals surface area (Å²) in [4.78, 5) is 15.9. The number of hydrogen-bond acceptors (Lipinski definition) is 4. The summed E-state index contributed by atoms with van der Waals surface area (Å²) >= 11 is 0. The van der Waals surface area contributed by atoms with Crippen molar-refractivity contribution < 1.29 is 14.3 Å². The molecule has 0 unspecified atom stereocenters. The molecule has 4 rings (SSSR count). The van der Waals surface area contributed by atoms with Crippen molar-refractivity contribution in [1.82, 2.24) is 4.90 Å². The first-order valence-corrected chi connectivity index (χ1v) is 10.9. The summed E-state index contributed by atoms with van der Waals surface area (Å²) in [5.41, 5.74) is 6.42. The molecule has 1 aliphatic heterocycles. The molecular formula is C27H30N2O3. The molecule has 0 radical (unpaired) electrons. The minimum atomic E-state index is -0.391. The van der Waals surface area contributed by atoms with Crippen molar-refractivity contribution in [3.05, 3.63) is 88.5 Å². The van der Waals surface area contributed by atoms with E-state index in [1.807, 2.05) is 62.4 Å². The molecule has 3 aromatic carbocycles. The Hall–Kier alpha value is -3.31. The van der Waals surface area contributed by atoms with Crippen molar-refractivity contribution in [2.75, 3.05) is 26.1 Å². The highest BCUT2D eigenvalue weighted by Crippen LogP contribution is 2.36. The van der Waals surface area contributed by atoms with Crippen molar-refractivity contribution in [2.24, 2.45) is 0 Å². The lowest BCUT2D eigenvalue weighted by atomic mass is 9.95. The topological polar surface area (TPSA) is 50.8 Å². The first-order valence-electron chi connectivity index (χ1n) is 10.9. The monoisotopic (exact) mass is 430 g/mol. The second-order valence-corrected chi connectivity index (χ2v) is 8.32. The summed E-state index contributed by atoms with van der Waals surface area (Å²) in [7, 11) is 3.30. The number of amides is 1. The molecule has 1 N–H and O–H groups in total. The van der Waals surface area contributed by atoms with E-state index in [0.717, 1.165) is 46.7 Å². The molecule has 1 atom stereocenters. The van der Waals surface area contributed by atoms with Crippen LogP contribution in [-0.4, -0.2) is 31.6 Å². The molecule has 5 heteroatoms. The molecule has 0 aromatic heterocycles. The summed E-state index contributed by atoms with van der Waals surface area (Å²) in [6.07, 6.45) is 0.843. The van der Waals surface area contributed by atoms with Gasteiger partial charge in [0.2, 0.25) is 5.91 Å². The minimum Gasteiger partial charge on any atom is -0.493 e. The largest absolute Gasteiger partial charge is 0.493 e. The predicted molar refractivity (Wildman–Crippen MR) is 127 cm³/mol. The highest BCUT2D eigenvalue weighted by molar-refractivity contribution is 5.96. The SMILES string of the molecule is COc1cc2c(cc1OC)CN([C@H](C(=O)Nc1cc(C)ccc1C)c1ccccc1)CC2. The van der Waals surface area contributed by atoms with E-state index < -0.39 is 6.04 Å². The van der Waals surface area contributed by atoms with Crippen LogP contribution in [0.15, 0.2) is 60.7 Å². The van der Waals surface area contributed by atoms with Gasteiger partial charge < -0.3 is 14.8 Å². The number of methoxy groups -OCH3 is 2. The van der Waals surface area contributed by atoms with Crippen molar-refractivity contribution in [3.8, 4) is 11.5 Å². The van der Waals surface area contributed by atoms with Crippen LogP contribution in [0.1, 0.15) is 33.9 Å². The minimum absolute atomic E-state index is 0.0196. The van der Waals surface area contributed by atoms with Crippen LogP contribution in [0, 0.1) is 13.8 Å². The highest BCUT2D eigenvalue weighted by atomic mass is 16.5. The van der Waals surface area contributed by atoms with Crippen LogP contribution >= 0.6 is 0 Å². The zero-order valence-electron chi connectivity index (χ0n) is 19.1. The molecule has 0 fully saturated rings. The summed E-state index contributed by atoms with van der Waals surface area (Å²) in [6, 6.07) is 19.8. The second kappa shape index (κ2) is 9.45. The number of carbonyl (C=O) groups is 1. The second-order valence-electron chi connectivity index (χ2n) is 8.32. The third kappa shape index (κ3) is 4.48. The lowest BCUT2D eigenvalue weighted by Crippen LogP contribution is -2.40. The molecule has 0 saturated carbocycles. The smallest absolute Gasteiger partial charge is 0.246 e. The Kier molecular flexibility index (Phi) is 6.47. The van der Waals surface area contributed by atoms with Gasteiger partial charge in [0.15, 0.2) is 11.5 Å². The van der Waals surface area contributed by atoms with E-state index in [4.69, 9.17) is 9.47 Å². The van der Waals surface area contributed by atoms with Crippen LogP contribution in [-0.2, 0) is 17.8 Å². The first-order chi connectivity index (χ1) is 15.5. The maximum Gasteiger partial charge on any atom is 0.246 e. The number of aryl methyl sites for hydroxylation is 2. The molecule has 0 saturated heterocycles. The van der Waals surface area contributed by atoms with Crippen molar-refractivity contribution >= 4 is 11.6 Å². The number of ether oxygens (including phenoxy) is 2. The van der Waals surface area contributed by atoms with Gasteiger partial charge >= 0.3 is 0 Å².